The molecule has 0 fully saturated rings. The maximum absolute atomic E-state index is 13.1. The smallest absolute Gasteiger partial charge is 0.164 e. The zero-order chi connectivity index (χ0) is 9.59. The molecule has 0 radical (unpaired) electrons. The summed E-state index contributed by atoms with van der Waals surface area (Å²) >= 11 is 5.70. The number of Topliss-reactive ketones (excluding diaryl/α,β-unsaturated/α-hetero) is 1. The predicted octanol–water partition coefficient (Wildman–Crippen LogP) is 2.19. The molecule has 2 N–H and O–H groups in total. The van der Waals surface area contributed by atoms with E-state index in [-0.39, 0.29) is 16.5 Å². The summed E-state index contributed by atoms with van der Waals surface area (Å²) < 4.78 is 13.1. The molecule has 0 bridgehead atoms. The summed E-state index contributed by atoms with van der Waals surface area (Å²) in [6, 6.07) is 1.37. The first-order valence-corrected chi connectivity index (χ1v) is 4.28. The van der Waals surface area contributed by atoms with E-state index >= 15 is 0 Å². The fourth-order valence-electron chi connectivity index (χ4n) is 1.55. The number of ketones is 1. The average Bonchev–Trinajstić information content (AvgIpc) is 2.45. The van der Waals surface area contributed by atoms with Gasteiger partial charge in [-0.2, -0.15) is 0 Å². The van der Waals surface area contributed by atoms with Crippen molar-refractivity contribution in [2.45, 2.75) is 12.8 Å². The first-order valence-electron chi connectivity index (χ1n) is 3.91. The van der Waals surface area contributed by atoms with E-state index in [0.29, 0.717) is 24.0 Å². The van der Waals surface area contributed by atoms with Gasteiger partial charge in [-0.05, 0) is 18.1 Å². The Balaban J connectivity index is 2.74. The zero-order valence-electron chi connectivity index (χ0n) is 6.73. The molecule has 0 amide bonds. The van der Waals surface area contributed by atoms with Gasteiger partial charge in [-0.15, -0.1) is 0 Å². The topological polar surface area (TPSA) is 43.1 Å². The van der Waals surface area contributed by atoms with E-state index in [2.05, 4.69) is 0 Å². The molecular weight excluding hydrogens is 193 g/mol. The highest BCUT2D eigenvalue weighted by Crippen LogP contribution is 2.33. The number of fused-ring (bicyclic) bond motifs is 1. The summed E-state index contributed by atoms with van der Waals surface area (Å²) in [6.07, 6.45) is 0.919. The molecule has 1 aromatic carbocycles. The summed E-state index contributed by atoms with van der Waals surface area (Å²) in [7, 11) is 0. The number of benzene rings is 1. The van der Waals surface area contributed by atoms with Crippen molar-refractivity contribution in [3.05, 3.63) is 28.0 Å². The Hall–Kier alpha value is -1.09. The van der Waals surface area contributed by atoms with E-state index in [1.165, 1.54) is 6.07 Å². The SMILES string of the molecule is Nc1cc2c(c(Cl)c1F)CCC2=O. The lowest BCUT2D eigenvalue weighted by Gasteiger charge is -2.04. The second-order valence-electron chi connectivity index (χ2n) is 3.04. The molecule has 68 valence electrons. The average molecular weight is 200 g/mol. The molecule has 4 heteroatoms. The van der Waals surface area contributed by atoms with Gasteiger partial charge in [0.1, 0.15) is 0 Å². The second kappa shape index (κ2) is 2.70. The van der Waals surface area contributed by atoms with Crippen LogP contribution in [0.4, 0.5) is 10.1 Å². The number of hydrogen-bond acceptors (Lipinski definition) is 2. The molecule has 1 aliphatic carbocycles. The molecule has 2 nitrogen and oxygen atoms in total. The molecule has 0 unspecified atom stereocenters. The summed E-state index contributed by atoms with van der Waals surface area (Å²) in [6.45, 7) is 0. The number of nitrogens with two attached hydrogens (primary N) is 1. The third kappa shape index (κ3) is 1.11. The van der Waals surface area contributed by atoms with Crippen LogP contribution in [-0.2, 0) is 6.42 Å². The Labute approximate surface area is 79.5 Å². The highest BCUT2D eigenvalue weighted by Gasteiger charge is 2.25. The van der Waals surface area contributed by atoms with Crippen LogP contribution in [0.25, 0.3) is 0 Å². The Morgan fingerprint density at radius 3 is 2.85 bits per heavy atom. The van der Waals surface area contributed by atoms with E-state index in [1.54, 1.807) is 0 Å². The molecule has 0 saturated heterocycles. The van der Waals surface area contributed by atoms with Gasteiger partial charge < -0.3 is 5.73 Å². The molecule has 1 aromatic rings. The van der Waals surface area contributed by atoms with Crippen molar-refractivity contribution >= 4 is 23.1 Å². The maximum Gasteiger partial charge on any atom is 0.164 e. The third-order valence-electron chi connectivity index (χ3n) is 2.24. The molecule has 0 heterocycles. The van der Waals surface area contributed by atoms with Crippen LogP contribution in [0.2, 0.25) is 5.02 Å². The number of halogens is 2. The molecule has 1 aliphatic rings. The van der Waals surface area contributed by atoms with Crippen LogP contribution in [0.5, 0.6) is 0 Å². The first-order chi connectivity index (χ1) is 6.11. The highest BCUT2D eigenvalue weighted by atomic mass is 35.5. The van der Waals surface area contributed by atoms with Gasteiger partial charge >= 0.3 is 0 Å². The van der Waals surface area contributed by atoms with Gasteiger partial charge in [-0.3, -0.25) is 4.79 Å². The molecule has 0 spiro atoms. The maximum atomic E-state index is 13.1. The van der Waals surface area contributed by atoms with E-state index in [9.17, 15) is 9.18 Å². The van der Waals surface area contributed by atoms with Crippen LogP contribution in [0.15, 0.2) is 6.07 Å². The van der Waals surface area contributed by atoms with Crippen molar-refractivity contribution in [2.24, 2.45) is 0 Å². The van der Waals surface area contributed by atoms with Crippen LogP contribution in [0, 0.1) is 5.82 Å². The Morgan fingerprint density at radius 2 is 2.15 bits per heavy atom. The largest absolute Gasteiger partial charge is 0.396 e. The van der Waals surface area contributed by atoms with Gasteiger partial charge in [0.2, 0.25) is 0 Å². The van der Waals surface area contributed by atoms with Gasteiger partial charge in [0.05, 0.1) is 10.7 Å². The highest BCUT2D eigenvalue weighted by molar-refractivity contribution is 6.32. The normalized spacial score (nSPS) is 14.8. The van der Waals surface area contributed by atoms with E-state index < -0.39 is 5.82 Å². The van der Waals surface area contributed by atoms with Crippen LogP contribution in [-0.4, -0.2) is 5.78 Å². The summed E-state index contributed by atoms with van der Waals surface area (Å²) in [5.41, 5.74) is 6.36. The van der Waals surface area contributed by atoms with Gasteiger partial charge in [-0.25, -0.2) is 4.39 Å². The van der Waals surface area contributed by atoms with Crippen molar-refractivity contribution in [3.8, 4) is 0 Å². The monoisotopic (exact) mass is 199 g/mol. The fourth-order valence-corrected chi connectivity index (χ4v) is 1.86. The minimum Gasteiger partial charge on any atom is -0.396 e. The number of nitrogen functional groups attached to an aromatic ring is 1. The Morgan fingerprint density at radius 1 is 1.46 bits per heavy atom. The molecule has 2 rings (SSSR count). The number of hydrogen-bond donors (Lipinski definition) is 1. The van der Waals surface area contributed by atoms with E-state index in [4.69, 9.17) is 17.3 Å². The zero-order valence-corrected chi connectivity index (χ0v) is 7.49. The van der Waals surface area contributed by atoms with Crippen molar-refractivity contribution in [2.75, 3.05) is 5.73 Å². The van der Waals surface area contributed by atoms with Gasteiger partial charge in [-0.1, -0.05) is 11.6 Å². The van der Waals surface area contributed by atoms with Crippen LogP contribution in [0.3, 0.4) is 0 Å². The Bertz CT molecular complexity index is 403. The molecular formula is C9H7ClFNO. The van der Waals surface area contributed by atoms with Crippen LogP contribution < -0.4 is 5.73 Å². The number of anilines is 1. The van der Waals surface area contributed by atoms with Crippen LogP contribution >= 0.6 is 11.6 Å². The fraction of sp³-hybridized carbons (Fsp3) is 0.222. The van der Waals surface area contributed by atoms with Crippen molar-refractivity contribution < 1.29 is 9.18 Å². The van der Waals surface area contributed by atoms with Gasteiger partial charge in [0, 0.05) is 12.0 Å². The van der Waals surface area contributed by atoms with Crippen molar-refractivity contribution in [1.29, 1.82) is 0 Å². The Kier molecular flexibility index (Phi) is 1.77. The lowest BCUT2D eigenvalue weighted by atomic mass is 10.1. The quantitative estimate of drug-likeness (QED) is 0.651. The molecule has 0 aromatic heterocycles. The lowest BCUT2D eigenvalue weighted by molar-refractivity contribution is 0.0994. The molecule has 0 saturated carbocycles. The predicted molar refractivity (Wildman–Crippen MR) is 48.5 cm³/mol. The minimum atomic E-state index is -0.616. The summed E-state index contributed by atoms with van der Waals surface area (Å²) in [4.78, 5) is 11.2. The summed E-state index contributed by atoms with van der Waals surface area (Å²) in [5, 5.41) is 0.000787. The standard InChI is InChI=1S/C9H7ClFNO/c10-8-4-1-2-7(13)5(4)3-6(12)9(8)11/h3H,1-2,12H2. The van der Waals surface area contributed by atoms with Gasteiger partial charge in [0.25, 0.3) is 0 Å². The van der Waals surface area contributed by atoms with Crippen LogP contribution in [0.1, 0.15) is 22.3 Å². The lowest BCUT2D eigenvalue weighted by Crippen LogP contribution is -1.98. The third-order valence-corrected chi connectivity index (χ3v) is 2.63. The minimum absolute atomic E-state index is 0.000787. The second-order valence-corrected chi connectivity index (χ2v) is 3.42. The molecule has 0 aliphatic heterocycles. The molecule has 13 heavy (non-hydrogen) atoms. The van der Waals surface area contributed by atoms with Crippen molar-refractivity contribution in [3.63, 3.8) is 0 Å². The number of carbonyl (C=O) groups is 1. The van der Waals surface area contributed by atoms with E-state index in [1.807, 2.05) is 0 Å². The van der Waals surface area contributed by atoms with Crippen molar-refractivity contribution in [1.82, 2.24) is 0 Å². The van der Waals surface area contributed by atoms with E-state index in [0.717, 1.165) is 0 Å². The van der Waals surface area contributed by atoms with Gasteiger partial charge in [0.15, 0.2) is 11.6 Å². The number of carbonyl (C=O) groups excluding carboxylic acids is 1. The summed E-state index contributed by atoms with van der Waals surface area (Å²) in [5.74, 6) is -0.626. The number of rotatable bonds is 0. The first kappa shape index (κ1) is 8.51. The molecule has 0 atom stereocenters.